The molecule has 0 spiro atoms. The molecule has 0 aliphatic carbocycles. The molecule has 0 radical (unpaired) electrons. The van der Waals surface area contributed by atoms with Crippen LogP contribution in [0.2, 0.25) is 0 Å². The number of hydrogen-bond acceptors (Lipinski definition) is 3. The monoisotopic (exact) mass is 88.0 g/mol. The Balaban J connectivity index is 2.09. The van der Waals surface area contributed by atoms with Crippen LogP contribution in [0.25, 0.3) is 0 Å². The van der Waals surface area contributed by atoms with Gasteiger partial charge < -0.3 is 14.2 Å². The summed E-state index contributed by atoms with van der Waals surface area (Å²) >= 11 is 0. The molecule has 0 aromatic heterocycles. The third-order valence-electron chi connectivity index (χ3n) is 0.878. The minimum absolute atomic E-state index is 0.00926. The van der Waals surface area contributed by atoms with Crippen molar-refractivity contribution >= 4 is 0 Å². The maximum atomic E-state index is 4.78. The fourth-order valence-electron chi connectivity index (χ4n) is 0.496. The lowest BCUT2D eigenvalue weighted by Crippen LogP contribution is -1.89. The van der Waals surface area contributed by atoms with Crippen LogP contribution in [0.1, 0.15) is 0 Å². The highest BCUT2D eigenvalue weighted by Gasteiger charge is 2.46. The van der Waals surface area contributed by atoms with E-state index in [1.165, 1.54) is 0 Å². The molecule has 0 bridgehead atoms. The van der Waals surface area contributed by atoms with E-state index < -0.39 is 0 Å². The first-order valence-electron chi connectivity index (χ1n) is 1.85. The highest BCUT2D eigenvalue weighted by Crippen LogP contribution is 2.29. The van der Waals surface area contributed by atoms with Crippen molar-refractivity contribution in [3.05, 3.63) is 0 Å². The van der Waals surface area contributed by atoms with E-state index in [1.807, 2.05) is 0 Å². The molecule has 2 aliphatic heterocycles. The molecule has 2 atom stereocenters. The van der Waals surface area contributed by atoms with Gasteiger partial charge in [-0.25, -0.2) is 0 Å². The van der Waals surface area contributed by atoms with Crippen molar-refractivity contribution in [1.82, 2.24) is 0 Å². The predicted molar refractivity (Wildman–Crippen MR) is 15.7 cm³/mol. The summed E-state index contributed by atoms with van der Waals surface area (Å²) in [6.45, 7) is 0.412. The van der Waals surface area contributed by atoms with Gasteiger partial charge in [0, 0.05) is 0 Å². The largest absolute Gasteiger partial charge is 0.321 e. The van der Waals surface area contributed by atoms with Gasteiger partial charge in [-0.05, 0) is 0 Å². The molecular weight excluding hydrogens is 84.0 g/mol. The summed E-state index contributed by atoms with van der Waals surface area (Å²) < 4.78 is 14.3. The molecule has 2 saturated heterocycles. The molecule has 2 rings (SSSR count). The third kappa shape index (κ3) is 0.228. The summed E-state index contributed by atoms with van der Waals surface area (Å²) in [6.07, 6.45) is -0.0185. The molecular formula is C3H4O3. The van der Waals surface area contributed by atoms with Crippen molar-refractivity contribution in [3.8, 4) is 0 Å². The second-order valence-electron chi connectivity index (χ2n) is 1.32. The minimum atomic E-state index is -0.00926. The minimum Gasteiger partial charge on any atom is -0.321 e. The zero-order valence-electron chi connectivity index (χ0n) is 3.09. The second kappa shape index (κ2) is 0.753. The van der Waals surface area contributed by atoms with Crippen molar-refractivity contribution in [2.24, 2.45) is 0 Å². The topological polar surface area (TPSA) is 31.0 Å². The van der Waals surface area contributed by atoms with Gasteiger partial charge in [-0.3, -0.25) is 0 Å². The smallest absolute Gasteiger partial charge is 0.214 e. The Morgan fingerprint density at radius 3 is 2.00 bits per heavy atom. The van der Waals surface area contributed by atoms with Crippen molar-refractivity contribution in [2.45, 2.75) is 12.6 Å². The lowest BCUT2D eigenvalue weighted by atomic mass is 10.8. The van der Waals surface area contributed by atoms with Crippen LogP contribution < -0.4 is 0 Å². The quantitative estimate of drug-likeness (QED) is 0.380. The Bertz CT molecular complexity index is 64.4. The zero-order valence-corrected chi connectivity index (χ0v) is 3.09. The first-order chi connectivity index (χ1) is 2.97. The van der Waals surface area contributed by atoms with Gasteiger partial charge in [0.25, 0.3) is 0 Å². The van der Waals surface area contributed by atoms with Crippen LogP contribution in [0, 0.1) is 0 Å². The molecule has 2 heterocycles. The van der Waals surface area contributed by atoms with Gasteiger partial charge in [-0.2, -0.15) is 0 Å². The molecule has 6 heavy (non-hydrogen) atoms. The fraction of sp³-hybridized carbons (Fsp3) is 1.00. The van der Waals surface area contributed by atoms with Gasteiger partial charge in [0.05, 0.1) is 0 Å². The van der Waals surface area contributed by atoms with E-state index in [0.29, 0.717) is 6.79 Å². The Labute approximate surface area is 34.8 Å². The first-order valence-corrected chi connectivity index (χ1v) is 1.85. The lowest BCUT2D eigenvalue weighted by molar-refractivity contribution is -0.0893. The normalized spacial score (nSPS) is 52.0. The number of hydrogen-bond donors (Lipinski definition) is 0. The average Bonchev–Trinajstić information content (AvgIpc) is 2.17. The highest BCUT2D eigenvalue weighted by molar-refractivity contribution is 4.68. The van der Waals surface area contributed by atoms with Gasteiger partial charge in [0.2, 0.25) is 12.6 Å². The van der Waals surface area contributed by atoms with Crippen LogP contribution in [-0.2, 0) is 14.2 Å². The van der Waals surface area contributed by atoms with E-state index in [2.05, 4.69) is 0 Å². The van der Waals surface area contributed by atoms with Crippen molar-refractivity contribution in [3.63, 3.8) is 0 Å². The van der Waals surface area contributed by atoms with Gasteiger partial charge in [-0.1, -0.05) is 0 Å². The van der Waals surface area contributed by atoms with E-state index in [9.17, 15) is 0 Å². The fourth-order valence-corrected chi connectivity index (χ4v) is 0.496. The van der Waals surface area contributed by atoms with Crippen LogP contribution in [0.15, 0.2) is 0 Å². The Kier molecular flexibility index (Phi) is 0.371. The van der Waals surface area contributed by atoms with E-state index in [-0.39, 0.29) is 12.6 Å². The number of epoxide rings is 1. The average molecular weight is 88.1 g/mol. The molecule has 3 heteroatoms. The van der Waals surface area contributed by atoms with Crippen molar-refractivity contribution in [2.75, 3.05) is 6.79 Å². The maximum absolute atomic E-state index is 4.78. The Morgan fingerprint density at radius 1 is 1.17 bits per heavy atom. The zero-order chi connectivity index (χ0) is 3.98. The number of ether oxygens (including phenoxy) is 3. The maximum Gasteiger partial charge on any atom is 0.214 e. The number of rotatable bonds is 0. The second-order valence-corrected chi connectivity index (χ2v) is 1.32. The molecule has 34 valence electrons. The summed E-state index contributed by atoms with van der Waals surface area (Å²) in [5.41, 5.74) is 0. The SMILES string of the molecule is C1OC2OC2O1. The molecule has 0 aromatic carbocycles. The van der Waals surface area contributed by atoms with E-state index >= 15 is 0 Å². The molecule has 0 saturated carbocycles. The first kappa shape index (κ1) is 2.96. The van der Waals surface area contributed by atoms with Crippen LogP contribution in [-0.4, -0.2) is 19.4 Å². The van der Waals surface area contributed by atoms with Crippen LogP contribution >= 0.6 is 0 Å². The van der Waals surface area contributed by atoms with Crippen LogP contribution in [0.4, 0.5) is 0 Å². The molecule has 0 N–H and O–H groups in total. The third-order valence-corrected chi connectivity index (χ3v) is 0.878. The van der Waals surface area contributed by atoms with Crippen molar-refractivity contribution in [1.29, 1.82) is 0 Å². The van der Waals surface area contributed by atoms with Crippen LogP contribution in [0.5, 0.6) is 0 Å². The van der Waals surface area contributed by atoms with Crippen LogP contribution in [0.3, 0.4) is 0 Å². The van der Waals surface area contributed by atoms with Gasteiger partial charge in [0.1, 0.15) is 0 Å². The number of fused-ring (bicyclic) bond motifs is 1. The van der Waals surface area contributed by atoms with E-state index in [4.69, 9.17) is 14.2 Å². The Morgan fingerprint density at radius 2 is 1.83 bits per heavy atom. The summed E-state index contributed by atoms with van der Waals surface area (Å²) in [4.78, 5) is 0. The summed E-state index contributed by atoms with van der Waals surface area (Å²) in [5, 5.41) is 0. The summed E-state index contributed by atoms with van der Waals surface area (Å²) in [7, 11) is 0. The lowest BCUT2D eigenvalue weighted by Gasteiger charge is -1.87. The van der Waals surface area contributed by atoms with E-state index in [1.54, 1.807) is 0 Å². The summed E-state index contributed by atoms with van der Waals surface area (Å²) in [5.74, 6) is 0. The predicted octanol–water partition coefficient (Wildman–Crippen LogP) is -0.327. The molecule has 0 amide bonds. The van der Waals surface area contributed by atoms with Gasteiger partial charge in [0.15, 0.2) is 6.79 Å². The standard InChI is InChI=1S/C3H4O3/c1-4-2-3(5-1)6-2/h2-3H,1H2. The molecule has 2 fully saturated rings. The highest BCUT2D eigenvalue weighted by atomic mass is 17.0. The molecule has 2 unspecified atom stereocenters. The van der Waals surface area contributed by atoms with Gasteiger partial charge >= 0.3 is 0 Å². The van der Waals surface area contributed by atoms with E-state index in [0.717, 1.165) is 0 Å². The Hall–Kier alpha value is -0.120. The molecule has 2 aliphatic rings. The molecule has 3 nitrogen and oxygen atoms in total. The summed E-state index contributed by atoms with van der Waals surface area (Å²) in [6, 6.07) is 0. The molecule has 0 aromatic rings. The van der Waals surface area contributed by atoms with Gasteiger partial charge in [-0.15, -0.1) is 0 Å². The van der Waals surface area contributed by atoms with Crippen molar-refractivity contribution < 1.29 is 14.2 Å².